The maximum atomic E-state index is 10.6. The molecule has 0 bridgehead atoms. The normalized spacial score (nSPS) is 27.1. The zero-order valence-electron chi connectivity index (χ0n) is 8.29. The van der Waals surface area contributed by atoms with Gasteiger partial charge in [0.2, 0.25) is 0 Å². The van der Waals surface area contributed by atoms with E-state index in [4.69, 9.17) is 5.11 Å². The van der Waals surface area contributed by atoms with Gasteiger partial charge in [0.05, 0.1) is 0 Å². The Kier molecular flexibility index (Phi) is 3.69. The van der Waals surface area contributed by atoms with Crippen molar-refractivity contribution in [3.63, 3.8) is 0 Å². The van der Waals surface area contributed by atoms with Crippen LogP contribution in [0.15, 0.2) is 0 Å². The summed E-state index contributed by atoms with van der Waals surface area (Å²) in [7, 11) is 2.07. The van der Waals surface area contributed by atoms with Crippen LogP contribution in [0.5, 0.6) is 0 Å². The van der Waals surface area contributed by atoms with Gasteiger partial charge in [0, 0.05) is 12.6 Å². The van der Waals surface area contributed by atoms with E-state index in [0.717, 1.165) is 25.9 Å². The first-order chi connectivity index (χ1) is 6.09. The van der Waals surface area contributed by atoms with Gasteiger partial charge in [-0.05, 0) is 33.4 Å². The molecule has 1 fully saturated rings. The minimum atomic E-state index is -0.770. The summed E-state index contributed by atoms with van der Waals surface area (Å²) in [6.07, 6.45) is 2.24. The Bertz CT molecular complexity index is 184. The van der Waals surface area contributed by atoms with Crippen molar-refractivity contribution >= 4 is 5.97 Å². The Hall–Kier alpha value is -0.610. The molecule has 1 aliphatic heterocycles. The molecule has 1 saturated heterocycles. The van der Waals surface area contributed by atoms with Crippen LogP contribution in [0.2, 0.25) is 0 Å². The van der Waals surface area contributed by atoms with E-state index >= 15 is 0 Å². The molecule has 1 aliphatic rings. The summed E-state index contributed by atoms with van der Waals surface area (Å²) in [4.78, 5) is 12.8. The van der Waals surface area contributed by atoms with Crippen LogP contribution in [-0.4, -0.2) is 48.2 Å². The molecule has 76 valence electrons. The Labute approximate surface area is 78.9 Å². The highest BCUT2D eigenvalue weighted by molar-refractivity contribution is 5.72. The minimum Gasteiger partial charge on any atom is -0.480 e. The fraction of sp³-hybridized carbons (Fsp3) is 0.889. The average Bonchev–Trinajstić information content (AvgIpc) is 2.04. The molecule has 0 amide bonds. The van der Waals surface area contributed by atoms with E-state index < -0.39 is 12.0 Å². The molecule has 0 aliphatic carbocycles. The third-order valence-electron chi connectivity index (χ3n) is 2.48. The van der Waals surface area contributed by atoms with E-state index in [1.54, 1.807) is 6.92 Å². The van der Waals surface area contributed by atoms with Crippen LogP contribution in [0.1, 0.15) is 19.8 Å². The lowest BCUT2D eigenvalue weighted by atomic mass is 10.1. The van der Waals surface area contributed by atoms with E-state index in [2.05, 4.69) is 17.3 Å². The summed E-state index contributed by atoms with van der Waals surface area (Å²) in [5, 5.41) is 11.8. The fourth-order valence-electron chi connectivity index (χ4n) is 1.73. The quantitative estimate of drug-likeness (QED) is 0.658. The van der Waals surface area contributed by atoms with Crippen molar-refractivity contribution in [3.05, 3.63) is 0 Å². The number of hydrogen-bond acceptors (Lipinski definition) is 3. The van der Waals surface area contributed by atoms with Gasteiger partial charge in [-0.25, -0.2) is 0 Å². The predicted octanol–water partition coefficient (Wildman–Crippen LogP) is 0.143. The number of carboxylic acids is 1. The largest absolute Gasteiger partial charge is 0.480 e. The molecule has 0 aromatic carbocycles. The predicted molar refractivity (Wildman–Crippen MR) is 50.8 cm³/mol. The highest BCUT2D eigenvalue weighted by atomic mass is 16.4. The Balaban J connectivity index is 2.31. The number of nitrogens with one attached hydrogen (secondary N) is 1. The average molecular weight is 186 g/mol. The lowest BCUT2D eigenvalue weighted by Gasteiger charge is -2.31. The molecule has 2 atom stereocenters. The van der Waals surface area contributed by atoms with Gasteiger partial charge in [0.1, 0.15) is 6.04 Å². The van der Waals surface area contributed by atoms with E-state index in [0.29, 0.717) is 6.04 Å². The topological polar surface area (TPSA) is 52.6 Å². The smallest absolute Gasteiger partial charge is 0.320 e. The molecule has 0 aromatic heterocycles. The summed E-state index contributed by atoms with van der Waals surface area (Å²) < 4.78 is 0. The zero-order valence-corrected chi connectivity index (χ0v) is 8.29. The lowest BCUT2D eigenvalue weighted by molar-refractivity contribution is -0.139. The van der Waals surface area contributed by atoms with Crippen LogP contribution >= 0.6 is 0 Å². The highest BCUT2D eigenvalue weighted by Crippen LogP contribution is 2.08. The maximum absolute atomic E-state index is 10.6. The Morgan fingerprint density at radius 2 is 2.38 bits per heavy atom. The van der Waals surface area contributed by atoms with Crippen LogP contribution in [-0.2, 0) is 4.79 Å². The van der Waals surface area contributed by atoms with Crippen LogP contribution in [0.25, 0.3) is 0 Å². The summed E-state index contributed by atoms with van der Waals surface area (Å²) in [6, 6.07) is -0.0960. The molecule has 0 spiro atoms. The number of rotatable bonds is 3. The van der Waals surface area contributed by atoms with Crippen molar-refractivity contribution in [1.29, 1.82) is 0 Å². The van der Waals surface area contributed by atoms with E-state index in [1.165, 1.54) is 0 Å². The fourth-order valence-corrected chi connectivity index (χ4v) is 1.73. The Morgan fingerprint density at radius 3 is 2.92 bits per heavy atom. The van der Waals surface area contributed by atoms with Gasteiger partial charge in [-0.3, -0.25) is 4.79 Å². The second-order valence-electron chi connectivity index (χ2n) is 3.83. The van der Waals surface area contributed by atoms with E-state index in [9.17, 15) is 4.79 Å². The number of aliphatic carboxylic acids is 1. The van der Waals surface area contributed by atoms with E-state index in [1.807, 2.05) is 0 Å². The number of piperidine rings is 1. The van der Waals surface area contributed by atoms with Crippen molar-refractivity contribution in [2.24, 2.45) is 0 Å². The highest BCUT2D eigenvalue weighted by Gasteiger charge is 2.20. The molecular weight excluding hydrogens is 168 g/mol. The third kappa shape index (κ3) is 3.32. The van der Waals surface area contributed by atoms with Crippen LogP contribution in [0.3, 0.4) is 0 Å². The first kappa shape index (κ1) is 10.5. The molecule has 0 aromatic rings. The van der Waals surface area contributed by atoms with Gasteiger partial charge >= 0.3 is 5.97 Å². The number of carboxylic acid groups (broad SMARTS) is 1. The molecule has 2 unspecified atom stereocenters. The van der Waals surface area contributed by atoms with Gasteiger partial charge in [-0.1, -0.05) is 0 Å². The lowest BCUT2D eigenvalue weighted by Crippen LogP contribution is -2.49. The maximum Gasteiger partial charge on any atom is 0.320 e. The second-order valence-corrected chi connectivity index (χ2v) is 3.83. The van der Waals surface area contributed by atoms with Gasteiger partial charge in [0.15, 0.2) is 0 Å². The van der Waals surface area contributed by atoms with Crippen LogP contribution in [0, 0.1) is 0 Å². The molecule has 4 nitrogen and oxygen atoms in total. The molecule has 0 radical (unpaired) electrons. The molecule has 13 heavy (non-hydrogen) atoms. The first-order valence-electron chi connectivity index (χ1n) is 4.77. The third-order valence-corrected chi connectivity index (χ3v) is 2.48. The van der Waals surface area contributed by atoms with Crippen LogP contribution in [0.4, 0.5) is 0 Å². The van der Waals surface area contributed by atoms with Crippen molar-refractivity contribution in [2.75, 3.05) is 20.1 Å². The van der Waals surface area contributed by atoms with Crippen LogP contribution < -0.4 is 5.32 Å². The van der Waals surface area contributed by atoms with Crippen molar-refractivity contribution in [3.8, 4) is 0 Å². The summed E-state index contributed by atoms with van der Waals surface area (Å²) in [5.74, 6) is -0.770. The van der Waals surface area contributed by atoms with Gasteiger partial charge in [-0.2, -0.15) is 0 Å². The number of likely N-dealkylation sites (N-methyl/N-ethyl adjacent to an activating group) is 1. The van der Waals surface area contributed by atoms with Crippen molar-refractivity contribution < 1.29 is 9.90 Å². The van der Waals surface area contributed by atoms with Gasteiger partial charge in [-0.15, -0.1) is 0 Å². The minimum absolute atomic E-state index is 0.338. The van der Waals surface area contributed by atoms with Gasteiger partial charge in [0.25, 0.3) is 0 Å². The molecule has 1 rings (SSSR count). The molecule has 0 saturated carbocycles. The number of hydrogen-bond donors (Lipinski definition) is 2. The monoisotopic (exact) mass is 186 g/mol. The molecule has 1 heterocycles. The number of likely N-dealkylation sites (tertiary alicyclic amines) is 1. The Morgan fingerprint density at radius 1 is 1.69 bits per heavy atom. The van der Waals surface area contributed by atoms with Crippen molar-refractivity contribution in [1.82, 2.24) is 10.2 Å². The summed E-state index contributed by atoms with van der Waals surface area (Å²) in [5.41, 5.74) is 0. The van der Waals surface area contributed by atoms with Gasteiger partial charge < -0.3 is 15.3 Å². The molecular formula is C9H18N2O2. The second kappa shape index (κ2) is 4.58. The first-order valence-corrected chi connectivity index (χ1v) is 4.77. The standard InChI is InChI=1S/C9H18N2O2/c1-7(9(12)13)10-8-4-3-5-11(2)6-8/h7-8,10H,3-6H2,1-2H3,(H,12,13). The van der Waals surface area contributed by atoms with E-state index in [-0.39, 0.29) is 0 Å². The van der Waals surface area contributed by atoms with Crippen molar-refractivity contribution in [2.45, 2.75) is 31.8 Å². The SMILES string of the molecule is CC(NC1CCCN(C)C1)C(=O)O. The number of carbonyl (C=O) groups is 1. The summed E-state index contributed by atoms with van der Waals surface area (Å²) in [6.45, 7) is 3.77. The molecule has 2 N–H and O–H groups in total. The number of nitrogens with zero attached hydrogens (tertiary/aromatic N) is 1. The summed E-state index contributed by atoms with van der Waals surface area (Å²) >= 11 is 0. The zero-order chi connectivity index (χ0) is 9.84. The molecule has 4 heteroatoms.